The van der Waals surface area contributed by atoms with E-state index in [0.717, 1.165) is 6.07 Å². The van der Waals surface area contributed by atoms with Gasteiger partial charge >= 0.3 is 12.2 Å². The SMILES string of the molecule is CC(C)(C)OC(=O)N(C[C@H]1CN(c2ccc(-c3ccc(C4=NOC(CO)(CO)C4)cc3F)c(F)c2)C(=O)O1)C1=CCSN=C1. The second-order valence-corrected chi connectivity index (χ2v) is 12.3. The Morgan fingerprint density at radius 3 is 2.45 bits per heavy atom. The number of hydrogen-bond donors (Lipinski definition) is 2. The molecule has 0 spiro atoms. The summed E-state index contributed by atoms with van der Waals surface area (Å²) < 4.78 is 45.8. The van der Waals surface area contributed by atoms with E-state index in [1.54, 1.807) is 33.1 Å². The molecule has 2 amide bonds. The van der Waals surface area contributed by atoms with Gasteiger partial charge in [0.25, 0.3) is 0 Å². The molecule has 0 aliphatic carbocycles. The minimum absolute atomic E-state index is 0.00808. The summed E-state index contributed by atoms with van der Waals surface area (Å²) in [4.78, 5) is 33.6. The summed E-state index contributed by atoms with van der Waals surface area (Å²) in [7, 11) is 0. The number of cyclic esters (lactones) is 1. The highest BCUT2D eigenvalue weighted by Gasteiger charge is 2.39. The number of rotatable bonds is 8. The summed E-state index contributed by atoms with van der Waals surface area (Å²) >= 11 is 1.33. The average molecular weight is 631 g/mol. The fourth-order valence-electron chi connectivity index (χ4n) is 4.82. The number of allylic oxidation sites excluding steroid dienone is 1. The van der Waals surface area contributed by atoms with Crippen molar-refractivity contribution in [2.24, 2.45) is 9.55 Å². The lowest BCUT2D eigenvalue weighted by Gasteiger charge is -2.29. The topological polar surface area (TPSA) is 133 Å². The molecule has 44 heavy (non-hydrogen) atoms. The molecule has 2 aromatic rings. The lowest BCUT2D eigenvalue weighted by Crippen LogP contribution is -2.42. The third-order valence-electron chi connectivity index (χ3n) is 7.08. The first kappa shape index (κ1) is 31.4. The predicted octanol–water partition coefficient (Wildman–Crippen LogP) is 4.66. The standard InChI is InChI=1S/C30H32F2N4O7S/c1-29(2,3)42-28(40)36(20-8-9-44-33-13-20)15-21-14-35(27(39)41-21)19-5-7-23(25(32)11-19)22-6-4-18(10-24(22)31)26-12-30(16-37,17-38)43-34-26/h4-8,10-11,13,21,37-38H,9,12,14-17H2,1-3H3/t21-/m1/s1. The molecule has 1 atom stereocenters. The Bertz CT molecular complexity index is 1540. The lowest BCUT2D eigenvalue weighted by molar-refractivity contribution is -0.0878. The molecule has 11 nitrogen and oxygen atoms in total. The van der Waals surface area contributed by atoms with Crippen LogP contribution in [0.1, 0.15) is 32.8 Å². The Kier molecular flexibility index (Phi) is 8.95. The van der Waals surface area contributed by atoms with Gasteiger partial charge in [-0.05, 0) is 63.1 Å². The summed E-state index contributed by atoms with van der Waals surface area (Å²) in [6.45, 7) is 4.34. The summed E-state index contributed by atoms with van der Waals surface area (Å²) in [5.41, 5.74) is -0.622. The van der Waals surface area contributed by atoms with Crippen molar-refractivity contribution in [2.75, 3.05) is 37.0 Å². The quantitative estimate of drug-likeness (QED) is 0.403. The van der Waals surface area contributed by atoms with Crippen LogP contribution in [0.3, 0.4) is 0 Å². The van der Waals surface area contributed by atoms with E-state index in [-0.39, 0.29) is 36.3 Å². The van der Waals surface area contributed by atoms with Crippen molar-refractivity contribution < 1.29 is 42.9 Å². The lowest BCUT2D eigenvalue weighted by atomic mass is 9.94. The largest absolute Gasteiger partial charge is 0.443 e. The maximum absolute atomic E-state index is 15.4. The molecular weight excluding hydrogens is 598 g/mol. The minimum atomic E-state index is -1.27. The number of hydrogen-bond acceptors (Lipinski definition) is 10. The van der Waals surface area contributed by atoms with Crippen LogP contribution in [-0.4, -0.2) is 88.6 Å². The molecule has 0 saturated carbocycles. The minimum Gasteiger partial charge on any atom is -0.443 e. The first-order valence-corrected chi connectivity index (χ1v) is 14.8. The van der Waals surface area contributed by atoms with Crippen LogP contribution < -0.4 is 4.90 Å². The monoisotopic (exact) mass is 630 g/mol. The molecule has 234 valence electrons. The maximum atomic E-state index is 15.4. The summed E-state index contributed by atoms with van der Waals surface area (Å²) in [5, 5.41) is 22.9. The van der Waals surface area contributed by atoms with Crippen molar-refractivity contribution in [1.29, 1.82) is 0 Å². The van der Waals surface area contributed by atoms with Gasteiger partial charge in [0.05, 0.1) is 49.6 Å². The molecular formula is C30H32F2N4O7S. The Morgan fingerprint density at radius 2 is 1.86 bits per heavy atom. The van der Waals surface area contributed by atoms with Crippen LogP contribution >= 0.6 is 11.9 Å². The normalized spacial score (nSPS) is 19.3. The number of halogens is 2. The molecule has 0 bridgehead atoms. The predicted molar refractivity (Wildman–Crippen MR) is 161 cm³/mol. The maximum Gasteiger partial charge on any atom is 0.414 e. The molecule has 2 aromatic carbocycles. The van der Waals surface area contributed by atoms with E-state index in [0.29, 0.717) is 22.7 Å². The molecule has 0 aromatic heterocycles. The highest BCUT2D eigenvalue weighted by Crippen LogP contribution is 2.33. The van der Waals surface area contributed by atoms with Gasteiger partial charge in [-0.15, -0.1) is 0 Å². The summed E-state index contributed by atoms with van der Waals surface area (Å²) in [6, 6.07) is 8.10. The number of aliphatic hydroxyl groups excluding tert-OH is 2. The van der Waals surface area contributed by atoms with Crippen molar-refractivity contribution >= 4 is 41.7 Å². The molecule has 2 N–H and O–H groups in total. The van der Waals surface area contributed by atoms with E-state index in [1.165, 1.54) is 46.0 Å². The average Bonchev–Trinajstić information content (AvgIpc) is 3.59. The van der Waals surface area contributed by atoms with Crippen molar-refractivity contribution in [3.63, 3.8) is 0 Å². The fourth-order valence-corrected chi connectivity index (χ4v) is 5.34. The van der Waals surface area contributed by atoms with Crippen molar-refractivity contribution in [1.82, 2.24) is 4.90 Å². The van der Waals surface area contributed by atoms with Gasteiger partial charge in [0.1, 0.15) is 23.3 Å². The molecule has 0 radical (unpaired) electrons. The first-order valence-electron chi connectivity index (χ1n) is 13.8. The van der Waals surface area contributed by atoms with E-state index in [4.69, 9.17) is 14.3 Å². The number of carbonyl (C=O) groups excluding carboxylic acids is 2. The van der Waals surface area contributed by atoms with Crippen molar-refractivity contribution in [3.8, 4) is 11.1 Å². The van der Waals surface area contributed by atoms with E-state index in [1.807, 2.05) is 6.08 Å². The van der Waals surface area contributed by atoms with Gasteiger partial charge in [0.15, 0.2) is 5.60 Å². The number of oxime groups is 1. The van der Waals surface area contributed by atoms with E-state index >= 15 is 8.78 Å². The number of carbonyl (C=O) groups is 2. The molecule has 1 saturated heterocycles. The number of nitrogens with zero attached hydrogens (tertiary/aromatic N) is 4. The van der Waals surface area contributed by atoms with Gasteiger partial charge in [0, 0.05) is 28.9 Å². The third kappa shape index (κ3) is 6.71. The number of aliphatic hydroxyl groups is 2. The first-order chi connectivity index (χ1) is 20.9. The smallest absolute Gasteiger partial charge is 0.414 e. The highest BCUT2D eigenvalue weighted by atomic mass is 32.2. The van der Waals surface area contributed by atoms with Crippen LogP contribution in [0.2, 0.25) is 0 Å². The number of benzene rings is 2. The van der Waals surface area contributed by atoms with Crippen LogP contribution in [0.5, 0.6) is 0 Å². The van der Waals surface area contributed by atoms with Crippen LogP contribution in [0.15, 0.2) is 57.7 Å². The Labute approximate surface area is 256 Å². The summed E-state index contributed by atoms with van der Waals surface area (Å²) in [6.07, 6.45) is 1.36. The number of ether oxygens (including phenoxy) is 2. The molecule has 0 unspecified atom stereocenters. The van der Waals surface area contributed by atoms with Crippen LogP contribution in [0, 0.1) is 11.6 Å². The molecule has 1 fully saturated rings. The third-order valence-corrected chi connectivity index (χ3v) is 7.65. The van der Waals surface area contributed by atoms with Gasteiger partial charge in [-0.1, -0.05) is 17.3 Å². The van der Waals surface area contributed by atoms with Crippen LogP contribution in [0.25, 0.3) is 11.1 Å². The highest BCUT2D eigenvalue weighted by molar-refractivity contribution is 7.98. The molecule has 14 heteroatoms. The van der Waals surface area contributed by atoms with Gasteiger partial charge < -0.3 is 24.5 Å². The molecule has 3 aliphatic rings. The second-order valence-electron chi connectivity index (χ2n) is 11.5. The van der Waals surface area contributed by atoms with Crippen LogP contribution in [-0.2, 0) is 14.3 Å². The van der Waals surface area contributed by atoms with Crippen molar-refractivity contribution in [3.05, 3.63) is 65.4 Å². The Hall–Kier alpha value is -4.01. The zero-order valence-electron chi connectivity index (χ0n) is 24.3. The zero-order valence-corrected chi connectivity index (χ0v) is 25.1. The summed E-state index contributed by atoms with van der Waals surface area (Å²) in [5.74, 6) is -0.916. The van der Waals surface area contributed by atoms with Crippen molar-refractivity contribution in [2.45, 2.75) is 44.5 Å². The van der Waals surface area contributed by atoms with Gasteiger partial charge in [-0.3, -0.25) is 9.80 Å². The molecule has 5 rings (SSSR count). The van der Waals surface area contributed by atoms with Gasteiger partial charge in [0.2, 0.25) is 0 Å². The number of anilines is 1. The van der Waals surface area contributed by atoms with E-state index < -0.39 is 54.3 Å². The Morgan fingerprint density at radius 1 is 1.16 bits per heavy atom. The van der Waals surface area contributed by atoms with E-state index in [2.05, 4.69) is 9.55 Å². The molecule has 3 aliphatic heterocycles. The number of amides is 2. The van der Waals surface area contributed by atoms with Gasteiger partial charge in [-0.2, -0.15) is 0 Å². The van der Waals surface area contributed by atoms with E-state index in [9.17, 15) is 19.8 Å². The van der Waals surface area contributed by atoms with Crippen LogP contribution in [0.4, 0.5) is 24.1 Å². The zero-order chi connectivity index (χ0) is 31.6. The molecule has 3 heterocycles. The Balaban J connectivity index is 1.30. The second kappa shape index (κ2) is 12.5. The fraction of sp³-hybridized carbons (Fsp3) is 0.400. The van der Waals surface area contributed by atoms with Gasteiger partial charge in [-0.25, -0.2) is 22.8 Å².